The number of halogens is 1. The van der Waals surface area contributed by atoms with Crippen molar-refractivity contribution in [3.8, 4) is 6.07 Å². The zero-order chi connectivity index (χ0) is 13.0. The fraction of sp³-hybridized carbons (Fsp3) is 0.133. The summed E-state index contributed by atoms with van der Waals surface area (Å²) in [6, 6.07) is 14.4. The van der Waals surface area contributed by atoms with Crippen LogP contribution < -0.4 is 5.32 Å². The first-order valence-electron chi connectivity index (χ1n) is 5.69. The summed E-state index contributed by atoms with van der Waals surface area (Å²) in [6.07, 6.45) is 0. The molecule has 0 spiro atoms. The van der Waals surface area contributed by atoms with E-state index in [2.05, 4.69) is 11.4 Å². The van der Waals surface area contributed by atoms with Crippen LogP contribution in [0.25, 0.3) is 0 Å². The van der Waals surface area contributed by atoms with Crippen molar-refractivity contribution in [1.29, 1.82) is 5.26 Å². The molecule has 0 saturated carbocycles. The maximum Gasteiger partial charge on any atom is 0.128 e. The molecule has 0 bridgehead atoms. The Bertz CT molecular complexity index is 600. The van der Waals surface area contributed by atoms with Crippen molar-refractivity contribution in [2.24, 2.45) is 0 Å². The summed E-state index contributed by atoms with van der Waals surface area (Å²) in [6.45, 7) is 2.24. The van der Waals surface area contributed by atoms with Crippen LogP contribution in [0.3, 0.4) is 0 Å². The maximum absolute atomic E-state index is 13.4. The molecule has 0 aliphatic heterocycles. The normalized spacial score (nSPS) is 9.83. The number of nitrogens with zero attached hydrogens (tertiary/aromatic N) is 1. The molecule has 0 aliphatic carbocycles. The Labute approximate surface area is 106 Å². The van der Waals surface area contributed by atoms with Crippen LogP contribution in [0.15, 0.2) is 42.5 Å². The van der Waals surface area contributed by atoms with Gasteiger partial charge in [-0.2, -0.15) is 5.26 Å². The summed E-state index contributed by atoms with van der Waals surface area (Å²) in [4.78, 5) is 0. The number of rotatable bonds is 3. The highest BCUT2D eigenvalue weighted by atomic mass is 19.1. The van der Waals surface area contributed by atoms with Gasteiger partial charge in [-0.15, -0.1) is 0 Å². The summed E-state index contributed by atoms with van der Waals surface area (Å²) in [7, 11) is 0. The lowest BCUT2D eigenvalue weighted by Crippen LogP contribution is -2.03. The zero-order valence-electron chi connectivity index (χ0n) is 10.1. The fourth-order valence-electron chi connectivity index (χ4n) is 1.77. The minimum absolute atomic E-state index is 0.228. The molecule has 2 rings (SSSR count). The largest absolute Gasteiger partial charge is 0.381 e. The van der Waals surface area contributed by atoms with Crippen LogP contribution in [0.2, 0.25) is 0 Å². The Morgan fingerprint density at radius 3 is 2.72 bits per heavy atom. The van der Waals surface area contributed by atoms with Crippen molar-refractivity contribution in [1.82, 2.24) is 0 Å². The highest BCUT2D eigenvalue weighted by Gasteiger charge is 2.04. The van der Waals surface area contributed by atoms with Gasteiger partial charge in [0.15, 0.2) is 0 Å². The van der Waals surface area contributed by atoms with E-state index in [0.717, 1.165) is 11.3 Å². The molecule has 0 fully saturated rings. The summed E-state index contributed by atoms with van der Waals surface area (Å²) in [5, 5.41) is 12.1. The van der Waals surface area contributed by atoms with Crippen molar-refractivity contribution in [3.63, 3.8) is 0 Å². The number of nitriles is 1. The molecule has 0 heterocycles. The predicted molar refractivity (Wildman–Crippen MR) is 69.6 cm³/mol. The van der Waals surface area contributed by atoms with Gasteiger partial charge in [0.2, 0.25) is 0 Å². The molecule has 2 aromatic rings. The van der Waals surface area contributed by atoms with Crippen molar-refractivity contribution in [2.45, 2.75) is 13.5 Å². The van der Waals surface area contributed by atoms with Gasteiger partial charge in [-0.25, -0.2) is 4.39 Å². The lowest BCUT2D eigenvalue weighted by atomic mass is 10.1. The van der Waals surface area contributed by atoms with Gasteiger partial charge in [0, 0.05) is 17.8 Å². The Balaban J connectivity index is 2.17. The molecule has 0 aliphatic rings. The molecular formula is C15H13FN2. The maximum atomic E-state index is 13.4. The van der Waals surface area contributed by atoms with Gasteiger partial charge in [0.25, 0.3) is 0 Å². The molecule has 90 valence electrons. The highest BCUT2D eigenvalue weighted by molar-refractivity contribution is 5.52. The average molecular weight is 240 g/mol. The van der Waals surface area contributed by atoms with Gasteiger partial charge in [0.1, 0.15) is 5.82 Å². The number of anilines is 1. The molecule has 2 nitrogen and oxygen atoms in total. The first kappa shape index (κ1) is 12.1. The Kier molecular flexibility index (Phi) is 3.59. The second-order valence-electron chi connectivity index (χ2n) is 4.03. The quantitative estimate of drug-likeness (QED) is 0.889. The molecule has 0 atom stereocenters. The third-order valence-electron chi connectivity index (χ3n) is 2.87. The predicted octanol–water partition coefficient (Wildman–Crippen LogP) is 3.62. The van der Waals surface area contributed by atoms with E-state index in [1.807, 2.05) is 24.3 Å². The number of nitrogens with one attached hydrogen (secondary N) is 1. The number of hydrogen-bond donors (Lipinski definition) is 1. The summed E-state index contributed by atoms with van der Waals surface area (Å²) < 4.78 is 13.4. The standard InChI is InChI=1S/C15H13FN2/c1-11-14(16)7-4-8-15(11)18-10-13-6-3-2-5-12(13)9-17/h2-8,18H,10H2,1H3. The smallest absolute Gasteiger partial charge is 0.128 e. The molecule has 0 saturated heterocycles. The summed E-state index contributed by atoms with van der Waals surface area (Å²) in [5.74, 6) is -0.228. The molecule has 3 heteroatoms. The highest BCUT2D eigenvalue weighted by Crippen LogP contribution is 2.19. The van der Waals surface area contributed by atoms with E-state index >= 15 is 0 Å². The van der Waals surface area contributed by atoms with Crippen LogP contribution in [0, 0.1) is 24.1 Å². The minimum Gasteiger partial charge on any atom is -0.381 e. The van der Waals surface area contributed by atoms with Crippen LogP contribution in [0.1, 0.15) is 16.7 Å². The van der Waals surface area contributed by atoms with Crippen LogP contribution >= 0.6 is 0 Å². The lowest BCUT2D eigenvalue weighted by molar-refractivity contribution is 0.619. The van der Waals surface area contributed by atoms with Gasteiger partial charge >= 0.3 is 0 Å². The Morgan fingerprint density at radius 2 is 1.94 bits per heavy atom. The molecule has 1 N–H and O–H groups in total. The van der Waals surface area contributed by atoms with Crippen molar-refractivity contribution >= 4 is 5.69 Å². The molecule has 18 heavy (non-hydrogen) atoms. The van der Waals surface area contributed by atoms with E-state index < -0.39 is 0 Å². The summed E-state index contributed by atoms with van der Waals surface area (Å²) in [5.41, 5.74) is 2.89. The SMILES string of the molecule is Cc1c(F)cccc1NCc1ccccc1C#N. The number of hydrogen-bond acceptors (Lipinski definition) is 2. The van der Waals surface area contributed by atoms with Gasteiger partial charge in [0.05, 0.1) is 11.6 Å². The van der Waals surface area contributed by atoms with Crippen LogP contribution in [0.4, 0.5) is 10.1 Å². The van der Waals surface area contributed by atoms with Crippen LogP contribution in [0.5, 0.6) is 0 Å². The van der Waals surface area contributed by atoms with Crippen molar-refractivity contribution in [3.05, 3.63) is 65.0 Å². The van der Waals surface area contributed by atoms with Crippen molar-refractivity contribution in [2.75, 3.05) is 5.32 Å². The van der Waals surface area contributed by atoms with E-state index in [0.29, 0.717) is 17.7 Å². The van der Waals surface area contributed by atoms with Gasteiger partial charge in [-0.05, 0) is 30.7 Å². The van der Waals surface area contributed by atoms with E-state index in [1.54, 1.807) is 19.1 Å². The third kappa shape index (κ3) is 2.49. The zero-order valence-corrected chi connectivity index (χ0v) is 10.1. The van der Waals surface area contributed by atoms with E-state index in [1.165, 1.54) is 6.07 Å². The first-order chi connectivity index (χ1) is 8.72. The van der Waals surface area contributed by atoms with Crippen LogP contribution in [-0.2, 0) is 6.54 Å². The topological polar surface area (TPSA) is 35.8 Å². The van der Waals surface area contributed by atoms with Gasteiger partial charge in [-0.3, -0.25) is 0 Å². The number of benzene rings is 2. The average Bonchev–Trinajstić information content (AvgIpc) is 2.41. The third-order valence-corrected chi connectivity index (χ3v) is 2.87. The van der Waals surface area contributed by atoms with Crippen molar-refractivity contribution < 1.29 is 4.39 Å². The van der Waals surface area contributed by atoms with Crippen LogP contribution in [-0.4, -0.2) is 0 Å². The van der Waals surface area contributed by atoms with Gasteiger partial charge in [-0.1, -0.05) is 24.3 Å². The minimum atomic E-state index is -0.228. The Hall–Kier alpha value is -2.34. The molecule has 2 aromatic carbocycles. The molecule has 0 amide bonds. The monoisotopic (exact) mass is 240 g/mol. The second-order valence-corrected chi connectivity index (χ2v) is 4.03. The van der Waals surface area contributed by atoms with E-state index in [4.69, 9.17) is 5.26 Å². The van der Waals surface area contributed by atoms with E-state index in [-0.39, 0.29) is 5.82 Å². The first-order valence-corrected chi connectivity index (χ1v) is 5.69. The van der Waals surface area contributed by atoms with E-state index in [9.17, 15) is 4.39 Å². The molecule has 0 unspecified atom stereocenters. The fourth-order valence-corrected chi connectivity index (χ4v) is 1.77. The second kappa shape index (κ2) is 5.33. The molecular weight excluding hydrogens is 227 g/mol. The lowest BCUT2D eigenvalue weighted by Gasteiger charge is -2.10. The molecule has 0 radical (unpaired) electrons. The van der Waals surface area contributed by atoms with Gasteiger partial charge < -0.3 is 5.32 Å². The molecule has 0 aromatic heterocycles. The Morgan fingerprint density at radius 1 is 1.17 bits per heavy atom. The summed E-state index contributed by atoms with van der Waals surface area (Å²) >= 11 is 0.